The largest absolute Gasteiger partial charge is 0.508 e. The van der Waals surface area contributed by atoms with Crippen LogP contribution in [0.25, 0.3) is 0 Å². The molecule has 0 aromatic heterocycles. The monoisotopic (exact) mass is 1210 g/mol. The van der Waals surface area contributed by atoms with Crippen molar-refractivity contribution < 1.29 is 78.0 Å². The van der Waals surface area contributed by atoms with Crippen LogP contribution in [-0.4, -0.2) is 189 Å². The second-order valence-electron chi connectivity index (χ2n) is 21.1. The third-order valence-corrected chi connectivity index (χ3v) is 15.2. The number of aliphatic carboxylic acids is 2. The van der Waals surface area contributed by atoms with E-state index in [9.17, 15) is 78.0 Å². The summed E-state index contributed by atoms with van der Waals surface area (Å²) in [6, 6.07) is -0.558. The van der Waals surface area contributed by atoms with Crippen molar-refractivity contribution in [1.29, 1.82) is 0 Å². The van der Waals surface area contributed by atoms with Gasteiger partial charge in [0.15, 0.2) is 0 Å². The fourth-order valence-corrected chi connectivity index (χ4v) is 10.1. The lowest BCUT2D eigenvalue weighted by Gasteiger charge is -2.32. The molecule has 0 bridgehead atoms. The fraction of sp³-hybridized carbons (Fsp3) is 0.571. The van der Waals surface area contributed by atoms with Crippen molar-refractivity contribution in [1.82, 2.24) is 52.8 Å². The number of carboxylic acids is 2. The Balaban J connectivity index is 1.53. The van der Waals surface area contributed by atoms with Gasteiger partial charge in [-0.05, 0) is 124 Å². The number of carbonyl (C=O) groups excluding carboxylic acids is 10. The number of rotatable bonds is 36. The lowest BCUT2D eigenvalue weighted by molar-refractivity contribution is -0.145. The van der Waals surface area contributed by atoms with Crippen molar-refractivity contribution in [2.45, 2.75) is 158 Å². The standard InChI is InChI=1S/C56H82N12O16S/c1-4-31(2)47(54(81)63-38(22-26-85-3)55(82)68-25-8-11-43(68)53(80)64-39(56(83)84)9-5-6-23-57)67-50(77)37(20-21-44(58)71)62-52(79)42(29-46(73)74)66-51(78)41(28-33-14-18-35(70)19-15-33)61-45(72)30-60-48(75)40(27-32-12-16-34(69)17-13-32)65-49(76)36-10-7-24-59-36/h12-19,31,36-43,47,59,69-70H,4-11,20-30,57H2,1-3H3,(H2,58,71)(H,60,75)(H,61,72)(H,62,79)(H,63,81)(H,64,80)(H,65,76)(H,66,78)(H,67,77)(H,73,74)(H,83,84)/t31-,36-,37-,38-,39-,40-,41-,42-,43-,47-/m0/s1. The number of hydrogen-bond acceptors (Lipinski definition) is 17. The van der Waals surface area contributed by atoms with Crippen LogP contribution < -0.4 is 59.3 Å². The molecule has 85 heavy (non-hydrogen) atoms. The predicted octanol–water partition coefficient (Wildman–Crippen LogP) is -2.11. The van der Waals surface area contributed by atoms with Crippen LogP contribution in [0, 0.1) is 5.92 Å². The first-order chi connectivity index (χ1) is 40.4. The number of amides is 10. The summed E-state index contributed by atoms with van der Waals surface area (Å²) in [5.41, 5.74) is 11.9. The Morgan fingerprint density at radius 1 is 0.659 bits per heavy atom. The van der Waals surface area contributed by atoms with Gasteiger partial charge in [0, 0.05) is 25.8 Å². The maximum atomic E-state index is 14.3. The summed E-state index contributed by atoms with van der Waals surface area (Å²) in [7, 11) is 0. The number of phenolic OH excluding ortho intramolecular Hbond substituents is 2. The average Bonchev–Trinajstić information content (AvgIpc) is 4.30. The Morgan fingerprint density at radius 2 is 1.24 bits per heavy atom. The minimum Gasteiger partial charge on any atom is -0.508 e. The molecule has 0 saturated carbocycles. The molecule has 4 rings (SSSR count). The maximum Gasteiger partial charge on any atom is 0.326 e. The number of thioether (sulfide) groups is 1. The summed E-state index contributed by atoms with van der Waals surface area (Å²) in [4.78, 5) is 163. The van der Waals surface area contributed by atoms with E-state index in [1.165, 1.54) is 53.1 Å². The zero-order chi connectivity index (χ0) is 62.8. The van der Waals surface area contributed by atoms with E-state index in [0.717, 1.165) is 6.42 Å². The van der Waals surface area contributed by atoms with E-state index in [0.29, 0.717) is 55.7 Å². The fourth-order valence-electron chi connectivity index (χ4n) is 9.59. The van der Waals surface area contributed by atoms with E-state index in [1.54, 1.807) is 32.2 Å². The van der Waals surface area contributed by atoms with Crippen LogP contribution >= 0.6 is 11.8 Å². The van der Waals surface area contributed by atoms with Crippen LogP contribution in [0.15, 0.2) is 48.5 Å². The van der Waals surface area contributed by atoms with Gasteiger partial charge in [-0.25, -0.2) is 4.79 Å². The highest BCUT2D eigenvalue weighted by atomic mass is 32.2. The summed E-state index contributed by atoms with van der Waals surface area (Å²) in [6.07, 6.45) is 2.71. The number of hydrogen-bond donors (Lipinski definition) is 15. The van der Waals surface area contributed by atoms with Crippen LogP contribution in [0.3, 0.4) is 0 Å². The quantitative estimate of drug-likeness (QED) is 0.0325. The van der Waals surface area contributed by atoms with Gasteiger partial charge in [0.25, 0.3) is 0 Å². The number of nitrogens with zero attached hydrogens (tertiary/aromatic N) is 1. The topological polar surface area (TPSA) is 449 Å². The number of carbonyl (C=O) groups is 12. The van der Waals surface area contributed by atoms with Gasteiger partial charge in [-0.1, -0.05) is 44.5 Å². The number of phenols is 2. The number of carboxylic acid groups (broad SMARTS) is 2. The molecule has 2 aromatic rings. The van der Waals surface area contributed by atoms with Crippen molar-refractivity contribution in [2.75, 3.05) is 38.2 Å². The molecule has 0 radical (unpaired) electrons. The zero-order valence-corrected chi connectivity index (χ0v) is 48.8. The number of nitrogens with one attached hydrogen (secondary N) is 9. The molecule has 2 heterocycles. The number of aromatic hydroxyl groups is 2. The van der Waals surface area contributed by atoms with Crippen molar-refractivity contribution in [2.24, 2.45) is 17.4 Å². The highest BCUT2D eigenvalue weighted by Gasteiger charge is 2.41. The normalized spacial score (nSPS) is 17.4. The first-order valence-corrected chi connectivity index (χ1v) is 29.7. The molecule has 2 aliphatic rings. The van der Waals surface area contributed by atoms with E-state index in [-0.39, 0.29) is 56.6 Å². The number of likely N-dealkylation sites (tertiary alicyclic amines) is 1. The minimum atomic E-state index is -1.97. The molecule has 2 saturated heterocycles. The summed E-state index contributed by atoms with van der Waals surface area (Å²) in [5, 5.41) is 62.7. The van der Waals surface area contributed by atoms with E-state index >= 15 is 0 Å². The summed E-state index contributed by atoms with van der Waals surface area (Å²) >= 11 is 1.37. The van der Waals surface area contributed by atoms with Crippen molar-refractivity contribution in [3.05, 3.63) is 59.7 Å². The molecule has 0 aliphatic carbocycles. The molecule has 2 fully saturated rings. The smallest absolute Gasteiger partial charge is 0.326 e. The van der Waals surface area contributed by atoms with Crippen LogP contribution in [0.4, 0.5) is 0 Å². The first kappa shape index (κ1) is 69.4. The molecular weight excluding hydrogens is 1130 g/mol. The van der Waals surface area contributed by atoms with Gasteiger partial charge in [0.1, 0.15) is 59.8 Å². The number of benzene rings is 2. The first-order valence-electron chi connectivity index (χ1n) is 28.4. The van der Waals surface area contributed by atoms with Crippen LogP contribution in [0.2, 0.25) is 0 Å². The molecular formula is C56H82N12O16S. The average molecular weight is 1210 g/mol. The third kappa shape index (κ3) is 23.1. The minimum absolute atomic E-state index is 0.0305. The molecule has 2 aromatic carbocycles. The predicted molar refractivity (Wildman–Crippen MR) is 310 cm³/mol. The molecule has 10 amide bonds. The number of primary amides is 1. The third-order valence-electron chi connectivity index (χ3n) is 14.6. The number of nitrogens with two attached hydrogens (primary N) is 2. The highest BCUT2D eigenvalue weighted by molar-refractivity contribution is 7.98. The van der Waals surface area contributed by atoms with Crippen molar-refractivity contribution in [3.8, 4) is 11.5 Å². The maximum absolute atomic E-state index is 14.3. The van der Waals surface area contributed by atoms with E-state index in [1.807, 2.05) is 0 Å². The SMILES string of the molecule is CC[C@H](C)[C@H](NC(=O)[C@H](CCC(N)=O)NC(=O)[C@H](CC(=O)O)NC(=O)[C@H](Cc1ccc(O)cc1)NC(=O)CNC(=O)[C@H](Cc1ccc(O)cc1)NC(=O)[C@@H]1CCCN1)C(=O)N[C@@H](CCSC)C(=O)N1CCC[C@H]1C(=O)N[C@@H](CCCCN)C(=O)O. The lowest BCUT2D eigenvalue weighted by atomic mass is 9.96. The van der Waals surface area contributed by atoms with E-state index < -0.39 is 157 Å². The molecule has 2 aliphatic heterocycles. The van der Waals surface area contributed by atoms with E-state index in [2.05, 4.69) is 47.9 Å². The Labute approximate surface area is 496 Å². The van der Waals surface area contributed by atoms with Gasteiger partial charge in [-0.15, -0.1) is 0 Å². The van der Waals surface area contributed by atoms with Gasteiger partial charge in [-0.2, -0.15) is 11.8 Å². The van der Waals surface area contributed by atoms with Gasteiger partial charge in [0.2, 0.25) is 59.1 Å². The van der Waals surface area contributed by atoms with Gasteiger partial charge < -0.3 is 84.6 Å². The van der Waals surface area contributed by atoms with Crippen LogP contribution in [-0.2, 0) is 70.4 Å². The van der Waals surface area contributed by atoms with Crippen molar-refractivity contribution in [3.63, 3.8) is 0 Å². The Kier molecular flexibility index (Phi) is 28.8. The summed E-state index contributed by atoms with van der Waals surface area (Å²) in [5.74, 6) is -11.9. The summed E-state index contributed by atoms with van der Waals surface area (Å²) in [6.45, 7) is 3.66. The molecule has 29 heteroatoms. The van der Waals surface area contributed by atoms with Crippen LogP contribution in [0.1, 0.15) is 102 Å². The molecule has 0 spiro atoms. The molecule has 17 N–H and O–H groups in total. The molecule has 468 valence electrons. The van der Waals surface area contributed by atoms with Gasteiger partial charge in [0.05, 0.1) is 19.0 Å². The number of unbranched alkanes of at least 4 members (excludes halogenated alkanes) is 1. The Hall–Kier alpha value is -8.05. The summed E-state index contributed by atoms with van der Waals surface area (Å²) < 4.78 is 0. The molecule has 10 atom stereocenters. The molecule has 28 nitrogen and oxygen atoms in total. The van der Waals surface area contributed by atoms with E-state index in [4.69, 9.17) is 11.5 Å². The Morgan fingerprint density at radius 3 is 1.79 bits per heavy atom. The van der Waals surface area contributed by atoms with Crippen molar-refractivity contribution >= 4 is 82.8 Å². The van der Waals surface area contributed by atoms with Gasteiger partial charge in [-0.3, -0.25) is 52.7 Å². The lowest BCUT2D eigenvalue weighted by Crippen LogP contribution is -2.61. The highest BCUT2D eigenvalue weighted by Crippen LogP contribution is 2.22. The molecule has 0 unspecified atom stereocenters. The van der Waals surface area contributed by atoms with Crippen LogP contribution in [0.5, 0.6) is 11.5 Å². The zero-order valence-electron chi connectivity index (χ0n) is 48.0. The Bertz CT molecular complexity index is 2640. The van der Waals surface area contributed by atoms with Gasteiger partial charge >= 0.3 is 11.9 Å². The second-order valence-corrected chi connectivity index (χ2v) is 22.1. The second kappa shape index (κ2) is 35.3.